The highest BCUT2D eigenvalue weighted by Gasteiger charge is 2.34. The number of carbonyl (C=O) groups is 3. The van der Waals surface area contributed by atoms with Gasteiger partial charge in [0.1, 0.15) is 0 Å². The largest absolute Gasteiger partial charge is 0.355 e. The third-order valence-corrected chi connectivity index (χ3v) is 6.70. The van der Waals surface area contributed by atoms with Gasteiger partial charge >= 0.3 is 0 Å². The maximum Gasteiger partial charge on any atom is 0.225 e. The van der Waals surface area contributed by atoms with Crippen LogP contribution in [0.25, 0.3) is 0 Å². The van der Waals surface area contributed by atoms with E-state index in [0.29, 0.717) is 19.6 Å². The van der Waals surface area contributed by atoms with Gasteiger partial charge in [-0.25, -0.2) is 0 Å². The summed E-state index contributed by atoms with van der Waals surface area (Å²) < 4.78 is 0. The molecule has 1 aliphatic heterocycles. The highest BCUT2D eigenvalue weighted by atomic mass is 16.2. The summed E-state index contributed by atoms with van der Waals surface area (Å²) in [5, 5.41) is 6.06. The Hall–Kier alpha value is -1.63. The normalized spacial score (nSPS) is 28.8. The van der Waals surface area contributed by atoms with Crippen molar-refractivity contribution in [3.05, 3.63) is 0 Å². The minimum atomic E-state index is -0.119. The van der Waals surface area contributed by atoms with Gasteiger partial charge in [0.25, 0.3) is 0 Å². The molecule has 0 aromatic heterocycles. The van der Waals surface area contributed by atoms with Crippen molar-refractivity contribution in [2.75, 3.05) is 26.2 Å². The first-order valence-electron chi connectivity index (χ1n) is 11.2. The lowest BCUT2D eigenvalue weighted by molar-refractivity contribution is -0.140. The zero-order valence-electron chi connectivity index (χ0n) is 17.0. The molecule has 2 saturated carbocycles. The van der Waals surface area contributed by atoms with Gasteiger partial charge < -0.3 is 21.3 Å². The van der Waals surface area contributed by atoms with E-state index in [4.69, 9.17) is 5.73 Å². The summed E-state index contributed by atoms with van der Waals surface area (Å²) in [6, 6.07) is 0.216. The van der Waals surface area contributed by atoms with Crippen LogP contribution in [-0.4, -0.2) is 54.8 Å². The average molecular weight is 393 g/mol. The highest BCUT2D eigenvalue weighted by molar-refractivity contribution is 5.82. The summed E-state index contributed by atoms with van der Waals surface area (Å²) in [7, 11) is 0. The number of nitrogens with zero attached hydrogens (tertiary/aromatic N) is 1. The van der Waals surface area contributed by atoms with Gasteiger partial charge in [0.05, 0.1) is 5.92 Å². The van der Waals surface area contributed by atoms with Crippen molar-refractivity contribution < 1.29 is 14.4 Å². The Bertz CT molecular complexity index is 554. The van der Waals surface area contributed by atoms with Crippen molar-refractivity contribution in [2.24, 2.45) is 23.5 Å². The van der Waals surface area contributed by atoms with Gasteiger partial charge in [-0.05, 0) is 51.4 Å². The maximum atomic E-state index is 13.0. The minimum absolute atomic E-state index is 0.0151. The Morgan fingerprint density at radius 3 is 2.18 bits per heavy atom. The van der Waals surface area contributed by atoms with Crippen molar-refractivity contribution in [3.63, 3.8) is 0 Å². The molecule has 3 rings (SSSR count). The van der Waals surface area contributed by atoms with E-state index in [1.54, 1.807) is 0 Å². The summed E-state index contributed by atoms with van der Waals surface area (Å²) in [5.41, 5.74) is 5.45. The minimum Gasteiger partial charge on any atom is -0.355 e. The van der Waals surface area contributed by atoms with Crippen LogP contribution in [0.3, 0.4) is 0 Å². The molecule has 4 N–H and O–H groups in total. The van der Waals surface area contributed by atoms with E-state index in [0.717, 1.165) is 57.9 Å². The van der Waals surface area contributed by atoms with Crippen molar-refractivity contribution in [2.45, 2.75) is 70.3 Å². The molecular weight excluding hydrogens is 356 g/mol. The molecule has 1 saturated heterocycles. The van der Waals surface area contributed by atoms with E-state index >= 15 is 0 Å². The third kappa shape index (κ3) is 5.46. The van der Waals surface area contributed by atoms with Crippen molar-refractivity contribution >= 4 is 17.7 Å². The second-order valence-corrected chi connectivity index (χ2v) is 8.74. The molecule has 0 aromatic carbocycles. The zero-order chi connectivity index (χ0) is 19.9. The SMILES string of the molecule is NCCNC(=O)C1CCCN(C(=O)C2CCC(NC(=O)C3CCCC3)CC2)C1. The number of piperidine rings is 1. The second-order valence-electron chi connectivity index (χ2n) is 8.74. The molecule has 3 amide bonds. The Kier molecular flexibility index (Phi) is 7.71. The molecule has 1 heterocycles. The van der Waals surface area contributed by atoms with Gasteiger partial charge in [0, 0.05) is 44.1 Å². The quantitative estimate of drug-likeness (QED) is 0.631. The summed E-state index contributed by atoms with van der Waals surface area (Å²) >= 11 is 0. The number of carbonyl (C=O) groups excluding carboxylic acids is 3. The highest BCUT2D eigenvalue weighted by Crippen LogP contribution is 2.29. The lowest BCUT2D eigenvalue weighted by Crippen LogP contribution is -2.49. The Morgan fingerprint density at radius 1 is 0.821 bits per heavy atom. The zero-order valence-corrected chi connectivity index (χ0v) is 17.0. The molecule has 158 valence electrons. The van der Waals surface area contributed by atoms with E-state index in [9.17, 15) is 14.4 Å². The van der Waals surface area contributed by atoms with E-state index in [1.807, 2.05) is 4.90 Å². The molecule has 3 aliphatic rings. The van der Waals surface area contributed by atoms with E-state index < -0.39 is 0 Å². The molecule has 0 spiro atoms. The van der Waals surface area contributed by atoms with Gasteiger partial charge in [-0.2, -0.15) is 0 Å². The van der Waals surface area contributed by atoms with Crippen LogP contribution >= 0.6 is 0 Å². The molecule has 2 aliphatic carbocycles. The molecule has 0 bridgehead atoms. The molecule has 28 heavy (non-hydrogen) atoms. The fraction of sp³-hybridized carbons (Fsp3) is 0.857. The van der Waals surface area contributed by atoms with Crippen LogP contribution in [0.1, 0.15) is 64.2 Å². The van der Waals surface area contributed by atoms with Gasteiger partial charge in [0.15, 0.2) is 0 Å². The molecule has 3 fully saturated rings. The molecule has 1 unspecified atom stereocenters. The Balaban J connectivity index is 1.42. The Labute approximate surface area is 168 Å². The smallest absolute Gasteiger partial charge is 0.225 e. The first-order valence-corrected chi connectivity index (χ1v) is 11.2. The van der Waals surface area contributed by atoms with Crippen LogP contribution in [0, 0.1) is 17.8 Å². The predicted molar refractivity (Wildman–Crippen MR) is 107 cm³/mol. The van der Waals surface area contributed by atoms with Crippen molar-refractivity contribution in [1.29, 1.82) is 0 Å². The summed E-state index contributed by atoms with van der Waals surface area (Å²) in [6.07, 6.45) is 9.50. The standard InChI is InChI=1S/C21H36N4O3/c22-11-12-23-19(26)17-6-3-13-25(14-17)21(28)16-7-9-18(10-8-16)24-20(27)15-4-1-2-5-15/h15-18H,1-14,22H2,(H,23,26)(H,24,27). The number of nitrogens with one attached hydrogen (secondary N) is 2. The van der Waals surface area contributed by atoms with Crippen LogP contribution in [0.2, 0.25) is 0 Å². The van der Waals surface area contributed by atoms with Gasteiger partial charge in [0.2, 0.25) is 17.7 Å². The lowest BCUT2D eigenvalue weighted by Gasteiger charge is -2.36. The molecule has 7 nitrogen and oxygen atoms in total. The molecule has 0 radical (unpaired) electrons. The van der Waals surface area contributed by atoms with Gasteiger partial charge in [-0.3, -0.25) is 14.4 Å². The van der Waals surface area contributed by atoms with E-state index in [2.05, 4.69) is 10.6 Å². The van der Waals surface area contributed by atoms with Crippen LogP contribution < -0.4 is 16.4 Å². The first-order chi connectivity index (χ1) is 13.6. The number of hydrogen-bond donors (Lipinski definition) is 3. The second kappa shape index (κ2) is 10.2. The summed E-state index contributed by atoms with van der Waals surface area (Å²) in [6.45, 7) is 2.19. The molecule has 7 heteroatoms. The van der Waals surface area contributed by atoms with Crippen LogP contribution in [0.4, 0.5) is 0 Å². The number of amides is 3. The molecular formula is C21H36N4O3. The number of nitrogens with two attached hydrogens (primary N) is 1. The van der Waals surface area contributed by atoms with Crippen LogP contribution in [0.15, 0.2) is 0 Å². The fourth-order valence-corrected chi connectivity index (χ4v) is 4.98. The third-order valence-electron chi connectivity index (χ3n) is 6.70. The lowest BCUT2D eigenvalue weighted by atomic mass is 9.84. The summed E-state index contributed by atoms with van der Waals surface area (Å²) in [4.78, 5) is 39.4. The van der Waals surface area contributed by atoms with Crippen LogP contribution in [0.5, 0.6) is 0 Å². The number of likely N-dealkylation sites (tertiary alicyclic amines) is 1. The first kappa shape index (κ1) is 21.1. The maximum absolute atomic E-state index is 13.0. The molecule has 1 atom stereocenters. The number of hydrogen-bond acceptors (Lipinski definition) is 4. The van der Waals surface area contributed by atoms with Gasteiger partial charge in [-0.1, -0.05) is 12.8 Å². The fourth-order valence-electron chi connectivity index (χ4n) is 4.98. The average Bonchev–Trinajstić information content (AvgIpc) is 3.27. The Morgan fingerprint density at radius 2 is 1.50 bits per heavy atom. The van der Waals surface area contributed by atoms with Gasteiger partial charge in [-0.15, -0.1) is 0 Å². The van der Waals surface area contributed by atoms with Crippen LogP contribution in [-0.2, 0) is 14.4 Å². The summed E-state index contributed by atoms with van der Waals surface area (Å²) in [5.74, 6) is 0.541. The molecule has 0 aromatic rings. The van der Waals surface area contributed by atoms with E-state index in [-0.39, 0.29) is 41.5 Å². The monoisotopic (exact) mass is 392 g/mol. The topological polar surface area (TPSA) is 105 Å². The van der Waals surface area contributed by atoms with Crippen molar-refractivity contribution in [3.8, 4) is 0 Å². The predicted octanol–water partition coefficient (Wildman–Crippen LogP) is 1.17. The van der Waals surface area contributed by atoms with E-state index in [1.165, 1.54) is 12.8 Å². The number of rotatable bonds is 6. The van der Waals surface area contributed by atoms with Crippen molar-refractivity contribution in [1.82, 2.24) is 15.5 Å².